The summed E-state index contributed by atoms with van der Waals surface area (Å²) in [4.78, 5) is 18.1. The SMILES string of the molecule is O=c1c2ccccc2nc(/C=C/c2cccc(Cl)c2)n1-c1nnc(-c2cccc(Cl)c2)s1. The smallest absolute Gasteiger partial charge is 0.268 e. The molecule has 0 saturated carbocycles. The van der Waals surface area contributed by atoms with Gasteiger partial charge in [-0.25, -0.2) is 9.55 Å². The molecule has 0 aliphatic carbocycles. The van der Waals surface area contributed by atoms with Gasteiger partial charge in [0.15, 0.2) is 0 Å². The molecule has 0 aliphatic heterocycles. The fourth-order valence-electron chi connectivity index (χ4n) is 3.27. The minimum Gasteiger partial charge on any atom is -0.268 e. The molecule has 3 aromatic carbocycles. The molecule has 0 bridgehead atoms. The number of benzene rings is 3. The van der Waals surface area contributed by atoms with Crippen LogP contribution in [0.2, 0.25) is 10.0 Å². The first-order valence-corrected chi connectivity index (χ1v) is 11.2. The molecule has 5 rings (SSSR count). The van der Waals surface area contributed by atoms with Gasteiger partial charge in [-0.1, -0.05) is 77.0 Å². The largest absolute Gasteiger partial charge is 0.268 e. The third-order valence-corrected chi connectivity index (χ3v) is 6.18. The van der Waals surface area contributed by atoms with Crippen LogP contribution < -0.4 is 5.56 Å². The summed E-state index contributed by atoms with van der Waals surface area (Å²) in [5.74, 6) is 0.447. The second-order valence-electron chi connectivity index (χ2n) is 6.92. The topological polar surface area (TPSA) is 60.7 Å². The van der Waals surface area contributed by atoms with E-state index in [1.807, 2.05) is 66.7 Å². The van der Waals surface area contributed by atoms with E-state index >= 15 is 0 Å². The van der Waals surface area contributed by atoms with Gasteiger partial charge in [0, 0.05) is 15.6 Å². The molecular weight excluding hydrogens is 463 g/mol. The van der Waals surface area contributed by atoms with E-state index < -0.39 is 0 Å². The molecule has 5 aromatic rings. The third-order valence-electron chi connectivity index (χ3n) is 4.75. The Morgan fingerprint density at radius 1 is 0.844 bits per heavy atom. The molecular formula is C24H14Cl2N4OS. The van der Waals surface area contributed by atoms with Crippen LogP contribution >= 0.6 is 34.5 Å². The number of halogens is 2. The maximum atomic E-state index is 13.4. The van der Waals surface area contributed by atoms with Gasteiger partial charge in [0.1, 0.15) is 10.8 Å². The first-order valence-electron chi connectivity index (χ1n) is 9.64. The molecule has 8 heteroatoms. The standard InChI is InChI=1S/C24H14Cl2N4OS/c25-17-7-3-5-15(13-17)11-12-21-27-20-10-2-1-9-19(20)23(31)30(21)24-29-28-22(32-24)16-6-4-8-18(26)14-16/h1-14H/b12-11+. The number of nitrogens with zero attached hydrogens (tertiary/aromatic N) is 4. The molecule has 0 atom stereocenters. The lowest BCUT2D eigenvalue weighted by Crippen LogP contribution is -2.22. The van der Waals surface area contributed by atoms with Crippen molar-refractivity contribution in [2.45, 2.75) is 0 Å². The van der Waals surface area contributed by atoms with Gasteiger partial charge in [0.2, 0.25) is 5.13 Å². The van der Waals surface area contributed by atoms with Crippen LogP contribution in [-0.4, -0.2) is 19.7 Å². The number of hydrogen-bond donors (Lipinski definition) is 0. The number of rotatable bonds is 4. The lowest BCUT2D eigenvalue weighted by Gasteiger charge is -2.08. The highest BCUT2D eigenvalue weighted by Crippen LogP contribution is 2.28. The number of aromatic nitrogens is 4. The van der Waals surface area contributed by atoms with Crippen LogP contribution in [0.3, 0.4) is 0 Å². The average Bonchev–Trinajstić information content (AvgIpc) is 3.28. The summed E-state index contributed by atoms with van der Waals surface area (Å²) in [6.07, 6.45) is 3.64. The highest BCUT2D eigenvalue weighted by molar-refractivity contribution is 7.17. The van der Waals surface area contributed by atoms with Crippen molar-refractivity contribution in [2.24, 2.45) is 0 Å². The first kappa shape index (κ1) is 20.6. The van der Waals surface area contributed by atoms with Crippen LogP contribution in [0.5, 0.6) is 0 Å². The van der Waals surface area contributed by atoms with E-state index in [9.17, 15) is 4.79 Å². The quantitative estimate of drug-likeness (QED) is 0.301. The Morgan fingerprint density at radius 2 is 1.62 bits per heavy atom. The molecule has 32 heavy (non-hydrogen) atoms. The molecule has 0 aliphatic rings. The zero-order valence-electron chi connectivity index (χ0n) is 16.4. The van der Waals surface area contributed by atoms with E-state index in [4.69, 9.17) is 28.2 Å². The highest BCUT2D eigenvalue weighted by atomic mass is 35.5. The van der Waals surface area contributed by atoms with Crippen LogP contribution in [0.1, 0.15) is 11.4 Å². The molecule has 0 N–H and O–H groups in total. The summed E-state index contributed by atoms with van der Waals surface area (Å²) in [5.41, 5.74) is 2.12. The Bertz CT molecular complexity index is 1540. The Balaban J connectivity index is 1.67. The third kappa shape index (κ3) is 4.08. The van der Waals surface area contributed by atoms with Gasteiger partial charge in [-0.05, 0) is 48.0 Å². The number of fused-ring (bicyclic) bond motifs is 1. The Labute approximate surface area is 197 Å². The lowest BCUT2D eigenvalue weighted by molar-refractivity contribution is 0.899. The van der Waals surface area contributed by atoms with Crippen molar-refractivity contribution >= 4 is 57.6 Å². The van der Waals surface area contributed by atoms with E-state index in [0.29, 0.717) is 36.9 Å². The summed E-state index contributed by atoms with van der Waals surface area (Å²) in [6, 6.07) is 22.0. The van der Waals surface area contributed by atoms with E-state index in [0.717, 1.165) is 11.1 Å². The van der Waals surface area contributed by atoms with E-state index in [-0.39, 0.29) is 5.56 Å². The molecule has 0 saturated heterocycles. The first-order chi connectivity index (χ1) is 15.6. The molecule has 0 spiro atoms. The number of para-hydroxylation sites is 1. The van der Waals surface area contributed by atoms with Crippen LogP contribution in [0.25, 0.3) is 38.8 Å². The fourth-order valence-corrected chi connectivity index (χ4v) is 4.51. The zero-order valence-corrected chi connectivity index (χ0v) is 18.8. The highest BCUT2D eigenvalue weighted by Gasteiger charge is 2.16. The van der Waals surface area contributed by atoms with Crippen molar-refractivity contribution in [3.05, 3.63) is 105 Å². The van der Waals surface area contributed by atoms with Crippen LogP contribution in [0.15, 0.2) is 77.6 Å². The van der Waals surface area contributed by atoms with Crippen molar-refractivity contribution < 1.29 is 0 Å². The minimum atomic E-state index is -0.213. The fraction of sp³-hybridized carbons (Fsp3) is 0. The van der Waals surface area contributed by atoms with Gasteiger partial charge < -0.3 is 0 Å². The average molecular weight is 477 g/mol. The predicted octanol–water partition coefficient (Wildman–Crippen LogP) is 6.38. The molecule has 0 amide bonds. The minimum absolute atomic E-state index is 0.213. The summed E-state index contributed by atoms with van der Waals surface area (Å²) in [7, 11) is 0. The van der Waals surface area contributed by atoms with Crippen molar-refractivity contribution in [3.8, 4) is 15.7 Å². The molecule has 5 nitrogen and oxygen atoms in total. The van der Waals surface area contributed by atoms with Gasteiger partial charge in [-0.3, -0.25) is 4.79 Å². The Morgan fingerprint density at radius 3 is 2.44 bits per heavy atom. The van der Waals surface area contributed by atoms with E-state index in [1.165, 1.54) is 15.9 Å². The monoisotopic (exact) mass is 476 g/mol. The van der Waals surface area contributed by atoms with Crippen LogP contribution in [0.4, 0.5) is 0 Å². The normalized spacial score (nSPS) is 11.4. The molecule has 0 fully saturated rings. The van der Waals surface area contributed by atoms with Crippen molar-refractivity contribution in [2.75, 3.05) is 0 Å². The van der Waals surface area contributed by atoms with Gasteiger partial charge in [-0.2, -0.15) is 0 Å². The molecule has 156 valence electrons. The second kappa shape index (κ2) is 8.67. The maximum absolute atomic E-state index is 13.4. The van der Waals surface area contributed by atoms with Gasteiger partial charge in [0.25, 0.3) is 5.56 Å². The molecule has 2 heterocycles. The maximum Gasteiger partial charge on any atom is 0.268 e. The zero-order chi connectivity index (χ0) is 22.1. The van der Waals surface area contributed by atoms with Crippen LogP contribution in [0, 0.1) is 0 Å². The molecule has 2 aromatic heterocycles. The summed E-state index contributed by atoms with van der Waals surface area (Å²) < 4.78 is 1.48. The summed E-state index contributed by atoms with van der Waals surface area (Å²) in [6.45, 7) is 0. The Hall–Kier alpha value is -3.32. The van der Waals surface area contributed by atoms with Gasteiger partial charge in [-0.15, -0.1) is 10.2 Å². The van der Waals surface area contributed by atoms with Gasteiger partial charge in [0.05, 0.1) is 10.9 Å². The Kier molecular flexibility index (Phi) is 5.57. The van der Waals surface area contributed by atoms with E-state index in [1.54, 1.807) is 18.2 Å². The predicted molar refractivity (Wildman–Crippen MR) is 132 cm³/mol. The van der Waals surface area contributed by atoms with Crippen molar-refractivity contribution in [1.82, 2.24) is 19.7 Å². The molecule has 0 radical (unpaired) electrons. The summed E-state index contributed by atoms with van der Waals surface area (Å²) >= 11 is 13.5. The molecule has 0 unspecified atom stereocenters. The van der Waals surface area contributed by atoms with E-state index in [2.05, 4.69) is 10.2 Å². The second-order valence-corrected chi connectivity index (χ2v) is 8.75. The van der Waals surface area contributed by atoms with Gasteiger partial charge >= 0.3 is 0 Å². The lowest BCUT2D eigenvalue weighted by atomic mass is 10.2. The van der Waals surface area contributed by atoms with Crippen molar-refractivity contribution in [1.29, 1.82) is 0 Å². The van der Waals surface area contributed by atoms with Crippen LogP contribution in [-0.2, 0) is 0 Å². The number of hydrogen-bond acceptors (Lipinski definition) is 5. The summed E-state index contributed by atoms with van der Waals surface area (Å²) in [5, 5.41) is 11.4. The van der Waals surface area contributed by atoms with Crippen molar-refractivity contribution in [3.63, 3.8) is 0 Å².